The number of hydrogen-bond donors (Lipinski definition) is 1. The molecule has 0 saturated carbocycles. The third kappa shape index (κ3) is 1.02. The molecule has 1 aromatic carbocycles. The fraction of sp³-hybridized carbons (Fsp3) is 0. The van der Waals surface area contributed by atoms with E-state index in [-0.39, 0.29) is 0 Å². The van der Waals surface area contributed by atoms with Gasteiger partial charge in [-0.3, -0.25) is 5.10 Å². The van der Waals surface area contributed by atoms with Crippen molar-refractivity contribution < 1.29 is 0 Å². The second-order valence-corrected chi connectivity index (χ2v) is 3.27. The lowest BCUT2D eigenvalue weighted by atomic mass is 10.3. The van der Waals surface area contributed by atoms with Gasteiger partial charge in [0, 0.05) is 0 Å². The zero-order valence-corrected chi connectivity index (χ0v) is 7.65. The molecule has 0 bridgehead atoms. The first-order valence-electron chi connectivity index (χ1n) is 2.94. The van der Waals surface area contributed by atoms with E-state index in [2.05, 4.69) is 31.3 Å². The first-order chi connectivity index (χ1) is 5.29. The molecular formula is C6H3BrClN3. The van der Waals surface area contributed by atoms with E-state index in [0.29, 0.717) is 5.02 Å². The highest BCUT2D eigenvalue weighted by molar-refractivity contribution is 9.10. The largest absolute Gasteiger partial charge is 0.258 e. The molecule has 0 atom stereocenters. The molecule has 1 heterocycles. The average Bonchev–Trinajstić information content (AvgIpc) is 2.45. The summed E-state index contributed by atoms with van der Waals surface area (Å²) < 4.78 is 0.783. The first kappa shape index (κ1) is 7.06. The normalized spacial score (nSPS) is 10.7. The van der Waals surface area contributed by atoms with Crippen LogP contribution in [-0.4, -0.2) is 15.4 Å². The summed E-state index contributed by atoms with van der Waals surface area (Å²) in [6, 6.07) is 3.62. The van der Waals surface area contributed by atoms with Gasteiger partial charge in [0.05, 0.1) is 15.0 Å². The predicted octanol–water partition coefficient (Wildman–Crippen LogP) is 2.37. The quantitative estimate of drug-likeness (QED) is 0.758. The molecule has 0 fully saturated rings. The molecular weight excluding hydrogens is 229 g/mol. The summed E-state index contributed by atoms with van der Waals surface area (Å²) in [5.41, 5.74) is 1.64. The van der Waals surface area contributed by atoms with Crippen molar-refractivity contribution in [2.75, 3.05) is 0 Å². The predicted molar refractivity (Wildman–Crippen MR) is 46.6 cm³/mol. The van der Waals surface area contributed by atoms with Crippen LogP contribution in [0.25, 0.3) is 11.0 Å². The van der Waals surface area contributed by atoms with Crippen molar-refractivity contribution in [1.29, 1.82) is 0 Å². The lowest BCUT2D eigenvalue weighted by molar-refractivity contribution is 0.959. The number of rotatable bonds is 0. The zero-order valence-electron chi connectivity index (χ0n) is 5.31. The molecule has 0 aliphatic rings. The smallest absolute Gasteiger partial charge is 0.128 e. The van der Waals surface area contributed by atoms with Crippen molar-refractivity contribution in [2.24, 2.45) is 0 Å². The van der Waals surface area contributed by atoms with Crippen LogP contribution in [0, 0.1) is 0 Å². The molecule has 56 valence electrons. The Balaban J connectivity index is 2.93. The third-order valence-electron chi connectivity index (χ3n) is 1.39. The number of benzene rings is 1. The average molecular weight is 232 g/mol. The van der Waals surface area contributed by atoms with E-state index in [0.717, 1.165) is 15.5 Å². The lowest BCUT2D eigenvalue weighted by Crippen LogP contribution is -1.73. The van der Waals surface area contributed by atoms with E-state index in [1.807, 2.05) is 6.07 Å². The van der Waals surface area contributed by atoms with Gasteiger partial charge in [-0.15, -0.1) is 5.10 Å². The van der Waals surface area contributed by atoms with Crippen molar-refractivity contribution in [3.05, 3.63) is 21.6 Å². The second-order valence-electron chi connectivity index (χ2n) is 2.07. The summed E-state index contributed by atoms with van der Waals surface area (Å²) in [6.07, 6.45) is 0. The van der Waals surface area contributed by atoms with E-state index in [1.54, 1.807) is 6.07 Å². The minimum absolute atomic E-state index is 0.645. The third-order valence-corrected chi connectivity index (χ3v) is 2.74. The van der Waals surface area contributed by atoms with Crippen molar-refractivity contribution in [3.63, 3.8) is 0 Å². The summed E-state index contributed by atoms with van der Waals surface area (Å²) >= 11 is 9.12. The second kappa shape index (κ2) is 2.46. The fourth-order valence-electron chi connectivity index (χ4n) is 0.857. The van der Waals surface area contributed by atoms with Gasteiger partial charge in [0.2, 0.25) is 0 Å². The van der Waals surface area contributed by atoms with Crippen molar-refractivity contribution in [2.45, 2.75) is 0 Å². The maximum Gasteiger partial charge on any atom is 0.128 e. The van der Waals surface area contributed by atoms with Crippen LogP contribution in [0.5, 0.6) is 0 Å². The molecule has 0 aliphatic heterocycles. The minimum atomic E-state index is 0.645. The highest BCUT2D eigenvalue weighted by Crippen LogP contribution is 2.28. The standard InChI is InChI=1S/C6H3BrClN3/c7-5-3(8)1-2-4-6(5)10-11-9-4/h1-2H,(H,9,10,11). The van der Waals surface area contributed by atoms with Crippen LogP contribution in [0.4, 0.5) is 0 Å². The van der Waals surface area contributed by atoms with Gasteiger partial charge in [-0.1, -0.05) is 16.8 Å². The molecule has 3 nitrogen and oxygen atoms in total. The number of aromatic amines is 1. The van der Waals surface area contributed by atoms with Gasteiger partial charge in [0.25, 0.3) is 0 Å². The Hall–Kier alpha value is -0.610. The molecule has 0 aliphatic carbocycles. The van der Waals surface area contributed by atoms with Gasteiger partial charge in [-0.2, -0.15) is 0 Å². The van der Waals surface area contributed by atoms with Gasteiger partial charge in [0.1, 0.15) is 5.52 Å². The molecule has 0 radical (unpaired) electrons. The maximum absolute atomic E-state index is 5.82. The maximum atomic E-state index is 5.82. The molecule has 5 heteroatoms. The van der Waals surface area contributed by atoms with Gasteiger partial charge >= 0.3 is 0 Å². The Morgan fingerprint density at radius 2 is 2.27 bits per heavy atom. The number of halogens is 2. The van der Waals surface area contributed by atoms with Gasteiger partial charge < -0.3 is 0 Å². The van der Waals surface area contributed by atoms with Crippen LogP contribution in [0.1, 0.15) is 0 Å². The molecule has 2 rings (SSSR count). The molecule has 1 N–H and O–H groups in total. The molecule has 0 spiro atoms. The van der Waals surface area contributed by atoms with Crippen molar-refractivity contribution in [1.82, 2.24) is 15.4 Å². The van der Waals surface area contributed by atoms with Crippen molar-refractivity contribution >= 4 is 38.6 Å². The summed E-state index contributed by atoms with van der Waals surface area (Å²) in [7, 11) is 0. The van der Waals surface area contributed by atoms with Crippen LogP contribution < -0.4 is 0 Å². The van der Waals surface area contributed by atoms with Crippen LogP contribution in [0.15, 0.2) is 16.6 Å². The van der Waals surface area contributed by atoms with E-state index < -0.39 is 0 Å². The summed E-state index contributed by atoms with van der Waals surface area (Å²) in [4.78, 5) is 0. The molecule has 0 amide bonds. The van der Waals surface area contributed by atoms with E-state index in [4.69, 9.17) is 11.6 Å². The number of aromatic nitrogens is 3. The Labute approximate surface area is 75.9 Å². The van der Waals surface area contributed by atoms with E-state index in [1.165, 1.54) is 0 Å². The summed E-state index contributed by atoms with van der Waals surface area (Å²) in [6.45, 7) is 0. The summed E-state index contributed by atoms with van der Waals surface area (Å²) in [5.74, 6) is 0. The highest BCUT2D eigenvalue weighted by atomic mass is 79.9. The summed E-state index contributed by atoms with van der Waals surface area (Å²) in [5, 5.41) is 10.9. The zero-order chi connectivity index (χ0) is 7.84. The first-order valence-corrected chi connectivity index (χ1v) is 4.11. The number of nitrogens with one attached hydrogen (secondary N) is 1. The molecule has 11 heavy (non-hydrogen) atoms. The van der Waals surface area contributed by atoms with Gasteiger partial charge in [0.15, 0.2) is 0 Å². The molecule has 2 aromatic rings. The van der Waals surface area contributed by atoms with E-state index in [9.17, 15) is 0 Å². The lowest BCUT2D eigenvalue weighted by Gasteiger charge is -1.92. The van der Waals surface area contributed by atoms with Crippen LogP contribution in [0.2, 0.25) is 5.02 Å². The minimum Gasteiger partial charge on any atom is -0.258 e. The number of hydrogen-bond acceptors (Lipinski definition) is 2. The Bertz CT molecular complexity index is 398. The Kier molecular flexibility index (Phi) is 1.58. The Morgan fingerprint density at radius 1 is 1.45 bits per heavy atom. The van der Waals surface area contributed by atoms with Crippen LogP contribution in [0.3, 0.4) is 0 Å². The fourth-order valence-corrected chi connectivity index (χ4v) is 1.43. The SMILES string of the molecule is Clc1ccc2[nH]nnc2c1Br. The number of fused-ring (bicyclic) bond motifs is 1. The highest BCUT2D eigenvalue weighted by Gasteiger charge is 2.04. The van der Waals surface area contributed by atoms with Gasteiger partial charge in [-0.05, 0) is 28.1 Å². The monoisotopic (exact) mass is 231 g/mol. The van der Waals surface area contributed by atoms with Crippen LogP contribution in [-0.2, 0) is 0 Å². The van der Waals surface area contributed by atoms with Crippen LogP contribution >= 0.6 is 27.5 Å². The molecule has 0 saturated heterocycles. The van der Waals surface area contributed by atoms with E-state index >= 15 is 0 Å². The topological polar surface area (TPSA) is 41.6 Å². The van der Waals surface area contributed by atoms with Gasteiger partial charge in [-0.25, -0.2) is 0 Å². The molecule has 1 aromatic heterocycles. The van der Waals surface area contributed by atoms with Crippen molar-refractivity contribution in [3.8, 4) is 0 Å². The number of nitrogens with zero attached hydrogens (tertiary/aromatic N) is 2. The number of H-pyrrole nitrogens is 1. The Morgan fingerprint density at radius 3 is 3.09 bits per heavy atom. The molecule has 0 unspecified atom stereocenters.